The molecule has 7 heteroatoms. The Labute approximate surface area is 158 Å². The maximum Gasteiger partial charge on any atom is 0.270 e. The monoisotopic (exact) mass is 383 g/mol. The van der Waals surface area contributed by atoms with E-state index in [1.165, 1.54) is 4.31 Å². The molecular weight excluding hydrogens is 362 g/mol. The summed E-state index contributed by atoms with van der Waals surface area (Å²) in [6.45, 7) is 2.85. The normalized spacial score (nSPS) is 14.9. The Hall–Kier alpha value is -2.64. The van der Waals surface area contributed by atoms with Crippen molar-refractivity contribution < 1.29 is 8.42 Å². The molecule has 0 fully saturated rings. The Bertz CT molecular complexity index is 1110. The zero-order valence-electron chi connectivity index (χ0n) is 15.1. The highest BCUT2D eigenvalue weighted by Crippen LogP contribution is 2.23. The molecule has 0 saturated carbocycles. The Morgan fingerprint density at radius 2 is 1.74 bits per heavy atom. The number of H-pyrrole nitrogens is 1. The van der Waals surface area contributed by atoms with E-state index >= 15 is 0 Å². The molecule has 0 radical (unpaired) electrons. The molecule has 3 aromatic rings. The third-order valence-electron chi connectivity index (χ3n) is 4.93. The van der Waals surface area contributed by atoms with Gasteiger partial charge in [0.1, 0.15) is 0 Å². The maximum atomic E-state index is 12.9. The number of fused-ring (bicyclic) bond motifs is 1. The summed E-state index contributed by atoms with van der Waals surface area (Å²) in [6, 6.07) is 16.5. The van der Waals surface area contributed by atoms with Crippen LogP contribution in [0, 0.1) is 6.92 Å². The Kier molecular flexibility index (Phi) is 4.49. The van der Waals surface area contributed by atoms with Crippen molar-refractivity contribution >= 4 is 10.0 Å². The van der Waals surface area contributed by atoms with Gasteiger partial charge in [0.05, 0.1) is 23.7 Å². The smallest absolute Gasteiger partial charge is 0.270 e. The molecule has 0 bridgehead atoms. The van der Waals surface area contributed by atoms with Crippen molar-refractivity contribution in [3.8, 4) is 0 Å². The molecule has 0 atom stereocenters. The average Bonchev–Trinajstić information content (AvgIpc) is 2.98. The topological polar surface area (TPSA) is 75.2 Å². The molecule has 0 amide bonds. The van der Waals surface area contributed by atoms with Crippen LogP contribution in [0.5, 0.6) is 0 Å². The van der Waals surface area contributed by atoms with Gasteiger partial charge < -0.3 is 0 Å². The Balaban J connectivity index is 1.61. The lowest BCUT2D eigenvalue weighted by molar-refractivity contribution is 0.386. The summed E-state index contributed by atoms with van der Waals surface area (Å²) in [6.07, 6.45) is 0.414. The van der Waals surface area contributed by atoms with E-state index in [-0.39, 0.29) is 17.0 Å². The van der Waals surface area contributed by atoms with E-state index in [4.69, 9.17) is 0 Å². The number of rotatable bonds is 4. The highest BCUT2D eigenvalue weighted by Gasteiger charge is 2.31. The number of aromatic amines is 1. The van der Waals surface area contributed by atoms with E-state index in [9.17, 15) is 13.2 Å². The third kappa shape index (κ3) is 3.36. The highest BCUT2D eigenvalue weighted by molar-refractivity contribution is 7.89. The first-order valence-corrected chi connectivity index (χ1v) is 10.3. The SMILES string of the molecule is Cc1ccc(S(=O)(=O)N2CCc3c([nH]n(Cc4ccccc4)c3=O)C2)cc1. The lowest BCUT2D eigenvalue weighted by atomic mass is 10.1. The van der Waals surface area contributed by atoms with Crippen LogP contribution < -0.4 is 5.56 Å². The van der Waals surface area contributed by atoms with Crippen LogP contribution >= 0.6 is 0 Å². The van der Waals surface area contributed by atoms with Gasteiger partial charge in [-0.3, -0.25) is 9.89 Å². The Morgan fingerprint density at radius 3 is 2.44 bits per heavy atom. The van der Waals surface area contributed by atoms with Gasteiger partial charge in [0.25, 0.3) is 5.56 Å². The zero-order valence-corrected chi connectivity index (χ0v) is 15.9. The third-order valence-corrected chi connectivity index (χ3v) is 6.78. The minimum absolute atomic E-state index is 0.0683. The summed E-state index contributed by atoms with van der Waals surface area (Å²) in [5.41, 5.74) is 3.32. The van der Waals surface area contributed by atoms with Crippen molar-refractivity contribution in [1.29, 1.82) is 0 Å². The molecule has 2 heterocycles. The molecule has 0 aliphatic carbocycles. The minimum atomic E-state index is -3.58. The van der Waals surface area contributed by atoms with Crippen molar-refractivity contribution in [3.05, 3.63) is 87.3 Å². The van der Waals surface area contributed by atoms with Crippen LogP contribution in [0.1, 0.15) is 22.4 Å². The van der Waals surface area contributed by atoms with E-state index in [2.05, 4.69) is 5.10 Å². The number of aryl methyl sites for hydroxylation is 1. The first-order valence-electron chi connectivity index (χ1n) is 8.86. The summed E-state index contributed by atoms with van der Waals surface area (Å²) >= 11 is 0. The van der Waals surface area contributed by atoms with E-state index in [0.717, 1.165) is 11.1 Å². The molecule has 0 unspecified atom stereocenters. The lowest BCUT2D eigenvalue weighted by Crippen LogP contribution is -2.37. The maximum absolute atomic E-state index is 12.9. The summed E-state index contributed by atoms with van der Waals surface area (Å²) < 4.78 is 28.8. The fourth-order valence-electron chi connectivity index (χ4n) is 3.40. The molecule has 4 rings (SSSR count). The number of benzene rings is 2. The van der Waals surface area contributed by atoms with Gasteiger partial charge in [0.15, 0.2) is 0 Å². The van der Waals surface area contributed by atoms with Crippen LogP contribution in [0.2, 0.25) is 0 Å². The quantitative estimate of drug-likeness (QED) is 0.751. The van der Waals surface area contributed by atoms with E-state index in [1.54, 1.807) is 28.9 Å². The summed E-state index contributed by atoms with van der Waals surface area (Å²) in [4.78, 5) is 12.9. The molecule has 27 heavy (non-hydrogen) atoms. The first kappa shape index (κ1) is 17.8. The number of nitrogens with zero attached hydrogens (tertiary/aromatic N) is 2. The molecule has 1 aliphatic rings. The fourth-order valence-corrected chi connectivity index (χ4v) is 4.80. The van der Waals surface area contributed by atoms with Gasteiger partial charge in [-0.2, -0.15) is 4.31 Å². The molecule has 0 spiro atoms. The molecule has 1 aliphatic heterocycles. The second-order valence-electron chi connectivity index (χ2n) is 6.85. The average molecular weight is 383 g/mol. The summed E-state index contributed by atoms with van der Waals surface area (Å²) in [7, 11) is -3.58. The van der Waals surface area contributed by atoms with Crippen molar-refractivity contribution in [2.75, 3.05) is 6.54 Å². The minimum Gasteiger partial charge on any atom is -0.298 e. The van der Waals surface area contributed by atoms with Crippen molar-refractivity contribution in [2.45, 2.75) is 31.3 Å². The van der Waals surface area contributed by atoms with Crippen LogP contribution in [0.25, 0.3) is 0 Å². The second kappa shape index (κ2) is 6.83. The van der Waals surface area contributed by atoms with Crippen molar-refractivity contribution in [1.82, 2.24) is 14.1 Å². The molecular formula is C20H21N3O3S. The molecule has 2 aromatic carbocycles. The second-order valence-corrected chi connectivity index (χ2v) is 8.79. The van der Waals surface area contributed by atoms with E-state index < -0.39 is 10.0 Å². The summed E-state index contributed by atoms with van der Waals surface area (Å²) in [5.74, 6) is 0. The first-order chi connectivity index (χ1) is 12.9. The molecule has 140 valence electrons. The van der Waals surface area contributed by atoms with Crippen LogP contribution in [-0.4, -0.2) is 29.0 Å². The van der Waals surface area contributed by atoms with Crippen LogP contribution in [0.3, 0.4) is 0 Å². The summed E-state index contributed by atoms with van der Waals surface area (Å²) in [5, 5.41) is 3.11. The lowest BCUT2D eigenvalue weighted by Gasteiger charge is -2.25. The molecule has 1 N–H and O–H groups in total. The van der Waals surface area contributed by atoms with Gasteiger partial charge in [-0.25, -0.2) is 13.1 Å². The van der Waals surface area contributed by atoms with Crippen LogP contribution in [0.4, 0.5) is 0 Å². The largest absolute Gasteiger partial charge is 0.298 e. The van der Waals surface area contributed by atoms with Gasteiger partial charge in [0, 0.05) is 12.1 Å². The van der Waals surface area contributed by atoms with Crippen LogP contribution in [-0.2, 0) is 29.5 Å². The number of nitrogens with one attached hydrogen (secondary N) is 1. The number of hydrogen-bond acceptors (Lipinski definition) is 3. The number of hydrogen-bond donors (Lipinski definition) is 1. The van der Waals surface area contributed by atoms with E-state index in [0.29, 0.717) is 30.8 Å². The zero-order chi connectivity index (χ0) is 19.0. The number of sulfonamides is 1. The molecule has 1 aromatic heterocycles. The van der Waals surface area contributed by atoms with Crippen molar-refractivity contribution in [2.24, 2.45) is 0 Å². The Morgan fingerprint density at radius 1 is 1.04 bits per heavy atom. The van der Waals surface area contributed by atoms with Gasteiger partial charge in [-0.1, -0.05) is 48.0 Å². The van der Waals surface area contributed by atoms with Crippen molar-refractivity contribution in [3.63, 3.8) is 0 Å². The highest BCUT2D eigenvalue weighted by atomic mass is 32.2. The van der Waals surface area contributed by atoms with Gasteiger partial charge in [-0.05, 0) is 31.0 Å². The fraction of sp³-hybridized carbons (Fsp3) is 0.250. The number of aromatic nitrogens is 2. The predicted molar refractivity (Wildman–Crippen MR) is 103 cm³/mol. The van der Waals surface area contributed by atoms with Crippen LogP contribution in [0.15, 0.2) is 64.3 Å². The van der Waals surface area contributed by atoms with Gasteiger partial charge in [0.2, 0.25) is 10.0 Å². The van der Waals surface area contributed by atoms with E-state index in [1.807, 2.05) is 37.3 Å². The molecule has 0 saturated heterocycles. The predicted octanol–water partition coefficient (Wildman–Crippen LogP) is 2.28. The standard InChI is InChI=1S/C20H21N3O3S/c1-15-7-9-17(10-8-15)27(25,26)22-12-11-18-19(14-22)21-23(20(18)24)13-16-5-3-2-4-6-16/h2-10,21H,11-14H2,1H3. The van der Waals surface area contributed by atoms with Gasteiger partial charge >= 0.3 is 0 Å². The molecule has 6 nitrogen and oxygen atoms in total. The van der Waals surface area contributed by atoms with Gasteiger partial charge in [-0.15, -0.1) is 0 Å².